The summed E-state index contributed by atoms with van der Waals surface area (Å²) in [6, 6.07) is 3.90. The molecule has 0 bridgehead atoms. The molecule has 1 aromatic carbocycles. The van der Waals surface area contributed by atoms with Gasteiger partial charge in [-0.05, 0) is 37.0 Å². The van der Waals surface area contributed by atoms with Crippen molar-refractivity contribution in [3.05, 3.63) is 29.6 Å². The molecule has 1 unspecified atom stereocenters. The molecule has 1 fully saturated rings. The van der Waals surface area contributed by atoms with Crippen LogP contribution in [0.15, 0.2) is 23.1 Å². The third-order valence-electron chi connectivity index (χ3n) is 3.57. The van der Waals surface area contributed by atoms with E-state index in [1.807, 2.05) is 0 Å². The van der Waals surface area contributed by atoms with Crippen LogP contribution >= 0.6 is 11.6 Å². The Morgan fingerprint density at radius 1 is 1.43 bits per heavy atom. The zero-order chi connectivity index (χ0) is 15.5. The van der Waals surface area contributed by atoms with Gasteiger partial charge in [0.2, 0.25) is 10.0 Å². The van der Waals surface area contributed by atoms with Gasteiger partial charge in [0.15, 0.2) is 0 Å². The molecule has 4 nitrogen and oxygen atoms in total. The average molecular weight is 336 g/mol. The lowest BCUT2D eigenvalue weighted by molar-refractivity contribution is 0.00856. The Balaban J connectivity index is 2.20. The van der Waals surface area contributed by atoms with Crippen molar-refractivity contribution in [2.45, 2.75) is 36.1 Å². The molecule has 0 radical (unpaired) electrons. The number of rotatable bonds is 5. The number of halogens is 2. The maximum absolute atomic E-state index is 13.9. The predicted octanol–water partition coefficient (Wildman–Crippen LogP) is 2.75. The number of nitrogens with zero attached hydrogens (tertiary/aromatic N) is 1. The molecular formula is C14H19ClFNO3S. The van der Waals surface area contributed by atoms with Gasteiger partial charge in [0.25, 0.3) is 0 Å². The highest BCUT2D eigenvalue weighted by atomic mass is 35.5. The molecule has 0 amide bonds. The molecule has 0 spiro atoms. The molecule has 2 rings (SSSR count). The average Bonchev–Trinajstić information content (AvgIpc) is 2.48. The minimum Gasteiger partial charge on any atom is -0.377 e. The van der Waals surface area contributed by atoms with Gasteiger partial charge in [-0.25, -0.2) is 12.8 Å². The second-order valence-electron chi connectivity index (χ2n) is 5.17. The molecule has 7 heteroatoms. The lowest BCUT2D eigenvalue weighted by Gasteiger charge is -2.27. The zero-order valence-corrected chi connectivity index (χ0v) is 13.5. The molecule has 0 aromatic heterocycles. The van der Waals surface area contributed by atoms with Crippen molar-refractivity contribution in [2.75, 3.05) is 20.2 Å². The Bertz CT molecular complexity index is 588. The molecule has 0 N–H and O–H groups in total. The summed E-state index contributed by atoms with van der Waals surface area (Å²) in [6.07, 6.45) is 2.72. The summed E-state index contributed by atoms with van der Waals surface area (Å²) in [5.74, 6) is -0.626. The van der Waals surface area contributed by atoms with Gasteiger partial charge in [-0.1, -0.05) is 6.07 Å². The maximum Gasteiger partial charge on any atom is 0.245 e. The van der Waals surface area contributed by atoms with E-state index in [4.69, 9.17) is 16.3 Å². The van der Waals surface area contributed by atoms with E-state index in [0.717, 1.165) is 29.6 Å². The Labute approximate surface area is 129 Å². The fourth-order valence-electron chi connectivity index (χ4n) is 2.33. The molecule has 0 aliphatic carbocycles. The second kappa shape index (κ2) is 7.05. The highest BCUT2D eigenvalue weighted by molar-refractivity contribution is 7.89. The van der Waals surface area contributed by atoms with Gasteiger partial charge in [0.1, 0.15) is 10.7 Å². The van der Waals surface area contributed by atoms with Gasteiger partial charge >= 0.3 is 0 Å². The van der Waals surface area contributed by atoms with Crippen molar-refractivity contribution in [3.8, 4) is 0 Å². The van der Waals surface area contributed by atoms with Gasteiger partial charge in [-0.3, -0.25) is 0 Å². The van der Waals surface area contributed by atoms with Crippen LogP contribution in [0.5, 0.6) is 0 Å². The van der Waals surface area contributed by atoms with E-state index in [9.17, 15) is 12.8 Å². The van der Waals surface area contributed by atoms with E-state index < -0.39 is 15.8 Å². The summed E-state index contributed by atoms with van der Waals surface area (Å²) in [6.45, 7) is 0.877. The lowest BCUT2D eigenvalue weighted by Crippen LogP contribution is -2.37. The third kappa shape index (κ3) is 3.94. The topological polar surface area (TPSA) is 46.6 Å². The number of hydrogen-bond donors (Lipinski definition) is 0. The first-order valence-electron chi connectivity index (χ1n) is 6.87. The van der Waals surface area contributed by atoms with Crippen molar-refractivity contribution in [2.24, 2.45) is 0 Å². The van der Waals surface area contributed by atoms with Gasteiger partial charge in [0.05, 0.1) is 6.10 Å². The van der Waals surface area contributed by atoms with Crippen molar-refractivity contribution in [1.29, 1.82) is 0 Å². The van der Waals surface area contributed by atoms with Gasteiger partial charge in [-0.15, -0.1) is 11.6 Å². The van der Waals surface area contributed by atoms with Crippen LogP contribution in [0.1, 0.15) is 24.8 Å². The van der Waals surface area contributed by atoms with Gasteiger partial charge < -0.3 is 4.74 Å². The number of hydrogen-bond acceptors (Lipinski definition) is 3. The van der Waals surface area contributed by atoms with Crippen LogP contribution in [-0.4, -0.2) is 39.0 Å². The molecule has 0 saturated carbocycles. The number of alkyl halides is 1. The Hall–Kier alpha value is -0.690. The van der Waals surface area contributed by atoms with Crippen molar-refractivity contribution in [1.82, 2.24) is 4.31 Å². The van der Waals surface area contributed by atoms with E-state index in [1.165, 1.54) is 19.2 Å². The minimum absolute atomic E-state index is 0.127. The van der Waals surface area contributed by atoms with Crippen molar-refractivity contribution < 1.29 is 17.5 Å². The smallest absolute Gasteiger partial charge is 0.245 e. The maximum atomic E-state index is 13.9. The van der Waals surface area contributed by atoms with Crippen LogP contribution in [0.25, 0.3) is 0 Å². The van der Waals surface area contributed by atoms with Crippen LogP contribution in [0.3, 0.4) is 0 Å². The van der Waals surface area contributed by atoms with Gasteiger partial charge in [-0.2, -0.15) is 4.31 Å². The standard InChI is InChI=1S/C14H19ClFNO3S/c1-17(10-12-4-2-3-7-20-12)21(18,19)14-8-11(9-15)5-6-13(14)16/h5-6,8,12H,2-4,7,9-10H2,1H3. The summed E-state index contributed by atoms with van der Waals surface area (Å²) < 4.78 is 45.5. The molecule has 1 atom stereocenters. The molecule has 1 aromatic rings. The highest BCUT2D eigenvalue weighted by Gasteiger charge is 2.27. The van der Waals surface area contributed by atoms with Crippen LogP contribution in [-0.2, 0) is 20.6 Å². The SMILES string of the molecule is CN(CC1CCCCO1)S(=O)(=O)c1cc(CCl)ccc1F. The predicted molar refractivity (Wildman–Crippen MR) is 79.4 cm³/mol. The summed E-state index contributed by atoms with van der Waals surface area (Å²) >= 11 is 5.69. The molecule has 1 heterocycles. The summed E-state index contributed by atoms with van der Waals surface area (Å²) in [4.78, 5) is -0.334. The third-order valence-corrected chi connectivity index (χ3v) is 5.72. The Morgan fingerprint density at radius 2 is 2.19 bits per heavy atom. The van der Waals surface area contributed by atoms with Crippen molar-refractivity contribution in [3.63, 3.8) is 0 Å². The molecule has 1 saturated heterocycles. The minimum atomic E-state index is -3.88. The van der Waals surface area contributed by atoms with Gasteiger partial charge in [0, 0.05) is 26.1 Å². The molecular weight excluding hydrogens is 317 g/mol. The van der Waals surface area contributed by atoms with E-state index in [1.54, 1.807) is 0 Å². The number of benzene rings is 1. The highest BCUT2D eigenvalue weighted by Crippen LogP contribution is 2.22. The quantitative estimate of drug-likeness (QED) is 0.777. The number of sulfonamides is 1. The first kappa shape index (κ1) is 16.7. The van der Waals surface area contributed by atoms with Crippen molar-refractivity contribution >= 4 is 21.6 Å². The van der Waals surface area contributed by atoms with Crippen LogP contribution in [0.2, 0.25) is 0 Å². The fourth-order valence-corrected chi connectivity index (χ4v) is 3.81. The monoisotopic (exact) mass is 335 g/mol. The lowest BCUT2D eigenvalue weighted by atomic mass is 10.1. The summed E-state index contributed by atoms with van der Waals surface area (Å²) in [5, 5.41) is 0. The fraction of sp³-hybridized carbons (Fsp3) is 0.571. The Morgan fingerprint density at radius 3 is 2.81 bits per heavy atom. The largest absolute Gasteiger partial charge is 0.377 e. The first-order chi connectivity index (χ1) is 9.95. The number of likely N-dealkylation sites (N-methyl/N-ethyl adjacent to an activating group) is 1. The molecule has 118 valence electrons. The van der Waals surface area contributed by atoms with E-state index in [2.05, 4.69) is 0 Å². The summed E-state index contributed by atoms with van der Waals surface area (Å²) in [7, 11) is -2.44. The van der Waals surface area contributed by atoms with E-state index in [0.29, 0.717) is 12.2 Å². The normalized spacial score (nSPS) is 19.9. The van der Waals surface area contributed by atoms with Crippen LogP contribution < -0.4 is 0 Å². The van der Waals surface area contributed by atoms with Crippen LogP contribution in [0.4, 0.5) is 4.39 Å². The molecule has 1 aliphatic rings. The summed E-state index contributed by atoms with van der Waals surface area (Å²) in [5.41, 5.74) is 0.568. The van der Waals surface area contributed by atoms with E-state index >= 15 is 0 Å². The van der Waals surface area contributed by atoms with Crippen LogP contribution in [0, 0.1) is 5.82 Å². The molecule has 21 heavy (non-hydrogen) atoms. The Kier molecular flexibility index (Phi) is 5.60. The zero-order valence-electron chi connectivity index (χ0n) is 11.9. The first-order valence-corrected chi connectivity index (χ1v) is 8.85. The van der Waals surface area contributed by atoms with E-state index in [-0.39, 0.29) is 23.4 Å². The molecule has 1 aliphatic heterocycles. The second-order valence-corrected chi connectivity index (χ2v) is 7.45. The number of ether oxygens (including phenoxy) is 1.